The lowest BCUT2D eigenvalue weighted by molar-refractivity contribution is -0.137. The zero-order valence-electron chi connectivity index (χ0n) is 12.6. The van der Waals surface area contributed by atoms with Gasteiger partial charge in [-0.3, -0.25) is 4.79 Å². The molecule has 2 unspecified atom stereocenters. The van der Waals surface area contributed by atoms with Gasteiger partial charge in [-0.05, 0) is 33.1 Å². The molecular formula is C14H26N2O4. The fourth-order valence-corrected chi connectivity index (χ4v) is 2.55. The molecule has 3 N–H and O–H groups in total. The van der Waals surface area contributed by atoms with Crippen molar-refractivity contribution in [2.75, 3.05) is 7.05 Å². The Morgan fingerprint density at radius 3 is 2.45 bits per heavy atom. The minimum atomic E-state index is -0.872. The number of nitrogens with zero attached hydrogens (tertiary/aromatic N) is 1. The maximum atomic E-state index is 12.2. The Kier molecular flexibility index (Phi) is 5.80. The van der Waals surface area contributed by atoms with Crippen LogP contribution in [0.3, 0.4) is 0 Å². The molecule has 2 atom stereocenters. The molecule has 1 fully saturated rings. The van der Waals surface area contributed by atoms with Gasteiger partial charge in [0.05, 0.1) is 12.1 Å². The number of aliphatic hydroxyl groups excluding tert-OH is 1. The summed E-state index contributed by atoms with van der Waals surface area (Å²) in [6, 6.07) is -0.412. The number of carbonyl (C=O) groups excluding carboxylic acids is 1. The molecular weight excluding hydrogens is 260 g/mol. The average molecular weight is 286 g/mol. The van der Waals surface area contributed by atoms with Crippen molar-refractivity contribution in [2.45, 2.75) is 70.1 Å². The second-order valence-electron chi connectivity index (χ2n) is 6.24. The number of likely N-dealkylation sites (N-methyl/N-ethyl adjacent to an activating group) is 1. The van der Waals surface area contributed by atoms with Crippen molar-refractivity contribution >= 4 is 12.0 Å². The smallest absolute Gasteiger partial charge is 0.317 e. The lowest BCUT2D eigenvalue weighted by Gasteiger charge is -2.37. The third-order valence-electron chi connectivity index (χ3n) is 3.92. The molecule has 0 aromatic heterocycles. The molecule has 0 aromatic carbocycles. The van der Waals surface area contributed by atoms with E-state index in [1.165, 1.54) is 0 Å². The summed E-state index contributed by atoms with van der Waals surface area (Å²) in [5.74, 6) is -0.872. The first-order chi connectivity index (χ1) is 9.23. The van der Waals surface area contributed by atoms with Gasteiger partial charge in [-0.2, -0.15) is 0 Å². The van der Waals surface area contributed by atoms with Crippen molar-refractivity contribution in [2.24, 2.45) is 0 Å². The zero-order valence-corrected chi connectivity index (χ0v) is 12.6. The van der Waals surface area contributed by atoms with E-state index in [1.807, 2.05) is 0 Å². The number of aliphatic hydroxyl groups is 1. The van der Waals surface area contributed by atoms with Gasteiger partial charge in [0.1, 0.15) is 0 Å². The second-order valence-corrected chi connectivity index (χ2v) is 6.24. The molecule has 0 saturated heterocycles. The molecule has 0 heterocycles. The van der Waals surface area contributed by atoms with Crippen LogP contribution in [-0.2, 0) is 4.79 Å². The van der Waals surface area contributed by atoms with Crippen molar-refractivity contribution in [3.63, 3.8) is 0 Å². The van der Waals surface area contributed by atoms with Crippen LogP contribution in [0.4, 0.5) is 4.79 Å². The molecule has 0 aliphatic heterocycles. The Bertz CT molecular complexity index is 357. The molecule has 0 bridgehead atoms. The van der Waals surface area contributed by atoms with Gasteiger partial charge < -0.3 is 20.4 Å². The number of nitrogens with one attached hydrogen (secondary N) is 1. The van der Waals surface area contributed by atoms with Gasteiger partial charge in [0, 0.05) is 19.0 Å². The van der Waals surface area contributed by atoms with Crippen LogP contribution >= 0.6 is 0 Å². The summed E-state index contributed by atoms with van der Waals surface area (Å²) in [5, 5.41) is 21.5. The van der Waals surface area contributed by atoms with Gasteiger partial charge in [-0.1, -0.05) is 12.8 Å². The van der Waals surface area contributed by atoms with Crippen LogP contribution in [0.2, 0.25) is 0 Å². The van der Waals surface area contributed by atoms with E-state index in [1.54, 1.807) is 25.8 Å². The van der Waals surface area contributed by atoms with Crippen LogP contribution in [0.25, 0.3) is 0 Å². The van der Waals surface area contributed by atoms with Gasteiger partial charge in [-0.15, -0.1) is 0 Å². The molecule has 1 rings (SSSR count). The van der Waals surface area contributed by atoms with E-state index < -0.39 is 17.6 Å². The van der Waals surface area contributed by atoms with Crippen LogP contribution in [0.5, 0.6) is 0 Å². The lowest BCUT2D eigenvalue weighted by atomic mass is 9.91. The van der Waals surface area contributed by atoms with Crippen molar-refractivity contribution in [1.82, 2.24) is 10.2 Å². The maximum Gasteiger partial charge on any atom is 0.317 e. The van der Waals surface area contributed by atoms with Gasteiger partial charge >= 0.3 is 12.0 Å². The Labute approximate surface area is 120 Å². The molecule has 2 amide bonds. The van der Waals surface area contributed by atoms with Crippen LogP contribution in [0.15, 0.2) is 0 Å². The summed E-state index contributed by atoms with van der Waals surface area (Å²) >= 11 is 0. The fraction of sp³-hybridized carbons (Fsp3) is 0.857. The third kappa shape index (κ3) is 5.00. The lowest BCUT2D eigenvalue weighted by Crippen LogP contribution is -2.54. The first-order valence-corrected chi connectivity index (χ1v) is 7.18. The third-order valence-corrected chi connectivity index (χ3v) is 3.92. The predicted molar refractivity (Wildman–Crippen MR) is 75.5 cm³/mol. The van der Waals surface area contributed by atoms with Crippen molar-refractivity contribution in [3.05, 3.63) is 0 Å². The quantitative estimate of drug-likeness (QED) is 0.715. The normalized spacial score (nSPS) is 23.2. The van der Waals surface area contributed by atoms with Gasteiger partial charge in [-0.25, -0.2) is 4.79 Å². The van der Waals surface area contributed by atoms with E-state index in [-0.39, 0.29) is 18.5 Å². The Hall–Kier alpha value is -1.30. The topological polar surface area (TPSA) is 89.9 Å². The SMILES string of the molecule is CN(C(=O)NC(C)(C)CCC(=O)O)C1CCCCC1O. The van der Waals surface area contributed by atoms with Crippen molar-refractivity contribution in [1.29, 1.82) is 0 Å². The van der Waals surface area contributed by atoms with Crippen LogP contribution in [0.1, 0.15) is 52.4 Å². The molecule has 116 valence electrons. The number of amides is 2. The first-order valence-electron chi connectivity index (χ1n) is 7.18. The van der Waals surface area contributed by atoms with E-state index in [0.29, 0.717) is 6.42 Å². The Balaban J connectivity index is 2.53. The number of urea groups is 1. The zero-order chi connectivity index (χ0) is 15.3. The highest BCUT2D eigenvalue weighted by molar-refractivity contribution is 5.75. The highest BCUT2D eigenvalue weighted by Crippen LogP contribution is 2.23. The number of rotatable bonds is 5. The molecule has 1 saturated carbocycles. The maximum absolute atomic E-state index is 12.2. The monoisotopic (exact) mass is 286 g/mol. The van der Waals surface area contributed by atoms with E-state index in [4.69, 9.17) is 5.11 Å². The molecule has 0 aromatic rings. The summed E-state index contributed by atoms with van der Waals surface area (Å²) < 4.78 is 0. The Morgan fingerprint density at radius 1 is 1.30 bits per heavy atom. The van der Waals surface area contributed by atoms with Gasteiger partial charge in [0.25, 0.3) is 0 Å². The molecule has 6 heteroatoms. The van der Waals surface area contributed by atoms with E-state index in [2.05, 4.69) is 5.32 Å². The molecule has 1 aliphatic carbocycles. The molecule has 0 radical (unpaired) electrons. The standard InChI is InChI=1S/C14H26N2O4/c1-14(2,9-8-12(18)19)15-13(20)16(3)10-6-4-5-7-11(10)17/h10-11,17H,4-9H2,1-3H3,(H,15,20)(H,18,19). The number of carboxylic acid groups (broad SMARTS) is 1. The van der Waals surface area contributed by atoms with Crippen molar-refractivity contribution in [3.8, 4) is 0 Å². The minimum absolute atomic E-state index is 0.0169. The van der Waals surface area contributed by atoms with Gasteiger partial charge in [0.15, 0.2) is 0 Å². The van der Waals surface area contributed by atoms with E-state index >= 15 is 0 Å². The number of aliphatic carboxylic acids is 1. The average Bonchev–Trinajstić information content (AvgIpc) is 2.36. The second kappa shape index (κ2) is 6.92. The predicted octanol–water partition coefficient (Wildman–Crippen LogP) is 1.57. The number of hydrogen-bond acceptors (Lipinski definition) is 3. The van der Waals surface area contributed by atoms with E-state index in [9.17, 15) is 14.7 Å². The largest absolute Gasteiger partial charge is 0.481 e. The number of carbonyl (C=O) groups is 2. The number of carboxylic acids is 1. The molecule has 0 spiro atoms. The van der Waals surface area contributed by atoms with E-state index in [0.717, 1.165) is 25.7 Å². The molecule has 1 aliphatic rings. The summed E-state index contributed by atoms with van der Waals surface area (Å²) in [7, 11) is 1.68. The Morgan fingerprint density at radius 2 is 1.90 bits per heavy atom. The fourth-order valence-electron chi connectivity index (χ4n) is 2.55. The van der Waals surface area contributed by atoms with Crippen LogP contribution in [0, 0.1) is 0 Å². The number of hydrogen-bond donors (Lipinski definition) is 3. The first kappa shape index (κ1) is 16.8. The van der Waals surface area contributed by atoms with Crippen LogP contribution in [-0.4, -0.2) is 51.8 Å². The van der Waals surface area contributed by atoms with Gasteiger partial charge in [0.2, 0.25) is 0 Å². The van der Waals surface area contributed by atoms with Crippen molar-refractivity contribution < 1.29 is 19.8 Å². The highest BCUT2D eigenvalue weighted by atomic mass is 16.4. The minimum Gasteiger partial charge on any atom is -0.481 e. The van der Waals surface area contributed by atoms with Crippen LogP contribution < -0.4 is 5.32 Å². The summed E-state index contributed by atoms with van der Waals surface area (Å²) in [6.07, 6.45) is 3.46. The summed E-state index contributed by atoms with van der Waals surface area (Å²) in [6.45, 7) is 3.61. The highest BCUT2D eigenvalue weighted by Gasteiger charge is 2.31. The summed E-state index contributed by atoms with van der Waals surface area (Å²) in [4.78, 5) is 24.4. The molecule has 6 nitrogen and oxygen atoms in total. The summed E-state index contributed by atoms with van der Waals surface area (Å²) in [5.41, 5.74) is -0.580. The molecule has 20 heavy (non-hydrogen) atoms.